The minimum Gasteiger partial charge on any atom is -0.481 e. The van der Waals surface area contributed by atoms with Gasteiger partial charge >= 0.3 is 5.97 Å². The maximum absolute atomic E-state index is 12.7. The number of halogens is 2. The summed E-state index contributed by atoms with van der Waals surface area (Å²) in [6.45, 7) is 1.70. The predicted molar refractivity (Wildman–Crippen MR) is 46.7 cm³/mol. The molecule has 0 aromatic carbocycles. The summed E-state index contributed by atoms with van der Waals surface area (Å²) in [5.41, 5.74) is 0. The molecule has 72 valence electrons. The summed E-state index contributed by atoms with van der Waals surface area (Å²) in [4.78, 5) is 10.4. The van der Waals surface area contributed by atoms with E-state index in [4.69, 9.17) is 5.11 Å². The maximum atomic E-state index is 12.7. The van der Waals surface area contributed by atoms with Crippen molar-refractivity contribution in [3.63, 3.8) is 0 Å². The Labute approximate surface area is 82.5 Å². The highest BCUT2D eigenvalue weighted by Gasteiger charge is 2.13. The molecule has 0 aliphatic heterocycles. The van der Waals surface area contributed by atoms with E-state index in [0.29, 0.717) is 0 Å². The molecule has 6 heteroatoms. The van der Waals surface area contributed by atoms with Gasteiger partial charge in [-0.25, -0.2) is 0 Å². The molecule has 1 heterocycles. The van der Waals surface area contributed by atoms with Gasteiger partial charge in [-0.15, -0.1) is 5.10 Å². The van der Waals surface area contributed by atoms with E-state index in [9.17, 15) is 9.18 Å². The fraction of sp³-hybridized carbons (Fsp3) is 0.429. The van der Waals surface area contributed by atoms with Crippen LogP contribution < -0.4 is 0 Å². The minimum atomic E-state index is -0.924. The second kappa shape index (κ2) is 3.87. The van der Waals surface area contributed by atoms with E-state index in [2.05, 4.69) is 21.0 Å². The molecule has 0 saturated carbocycles. The lowest BCUT2D eigenvalue weighted by Crippen LogP contribution is -2.17. The van der Waals surface area contributed by atoms with E-state index in [1.165, 1.54) is 17.8 Å². The fourth-order valence-electron chi connectivity index (χ4n) is 0.826. The lowest BCUT2D eigenvalue weighted by atomic mass is 10.2. The Bertz CT molecular complexity index is 307. The van der Waals surface area contributed by atoms with Gasteiger partial charge in [0.1, 0.15) is 0 Å². The highest BCUT2D eigenvalue weighted by molar-refractivity contribution is 9.10. The summed E-state index contributed by atoms with van der Waals surface area (Å²) >= 11 is 2.94. The summed E-state index contributed by atoms with van der Waals surface area (Å²) in [5.74, 6) is -2.13. The molecule has 1 rings (SSSR count). The molecule has 0 bridgehead atoms. The van der Waals surface area contributed by atoms with Crippen molar-refractivity contribution in [2.45, 2.75) is 13.5 Å². The molecule has 0 saturated heterocycles. The van der Waals surface area contributed by atoms with E-state index in [1.54, 1.807) is 0 Å². The molecule has 4 nitrogen and oxygen atoms in total. The number of rotatable bonds is 3. The number of carbonyl (C=O) groups is 1. The van der Waals surface area contributed by atoms with Gasteiger partial charge in [0.25, 0.3) is 0 Å². The van der Waals surface area contributed by atoms with Gasteiger partial charge in [0.2, 0.25) is 5.95 Å². The van der Waals surface area contributed by atoms with E-state index < -0.39 is 17.8 Å². The molecule has 0 amide bonds. The van der Waals surface area contributed by atoms with Gasteiger partial charge in [-0.3, -0.25) is 9.48 Å². The van der Waals surface area contributed by atoms with E-state index >= 15 is 0 Å². The zero-order chi connectivity index (χ0) is 10.0. The van der Waals surface area contributed by atoms with E-state index in [1.807, 2.05) is 0 Å². The molecule has 1 aromatic rings. The summed E-state index contributed by atoms with van der Waals surface area (Å²) in [6, 6.07) is 0. The molecule has 1 atom stereocenters. The molecule has 1 unspecified atom stereocenters. The van der Waals surface area contributed by atoms with Crippen molar-refractivity contribution in [1.29, 1.82) is 0 Å². The second-order valence-electron chi connectivity index (χ2n) is 2.73. The molecule has 1 N–H and O–H groups in total. The van der Waals surface area contributed by atoms with Crippen LogP contribution in [0.25, 0.3) is 0 Å². The van der Waals surface area contributed by atoms with Crippen LogP contribution >= 0.6 is 15.9 Å². The minimum absolute atomic E-state index is 0.165. The average Bonchev–Trinajstić information content (AvgIpc) is 2.31. The Balaban J connectivity index is 2.69. The van der Waals surface area contributed by atoms with Crippen LogP contribution in [0.2, 0.25) is 0 Å². The standard InChI is InChI=1S/C7H8BrFN2O2/c1-4(7(12)13)2-11-3-5(8)6(9)10-11/h3-4H,2H2,1H3,(H,12,13). The first kappa shape index (κ1) is 10.2. The van der Waals surface area contributed by atoms with Crippen molar-refractivity contribution < 1.29 is 14.3 Å². The van der Waals surface area contributed by atoms with Gasteiger partial charge in [-0.1, -0.05) is 6.92 Å². The quantitative estimate of drug-likeness (QED) is 0.885. The van der Waals surface area contributed by atoms with Crippen molar-refractivity contribution in [2.75, 3.05) is 0 Å². The van der Waals surface area contributed by atoms with Crippen LogP contribution in [0.15, 0.2) is 10.7 Å². The molecular formula is C7H8BrFN2O2. The first-order valence-electron chi connectivity index (χ1n) is 3.62. The highest BCUT2D eigenvalue weighted by Crippen LogP contribution is 2.13. The number of aliphatic carboxylic acids is 1. The van der Waals surface area contributed by atoms with E-state index in [0.717, 1.165) is 0 Å². The molecule has 0 aliphatic carbocycles. The largest absolute Gasteiger partial charge is 0.481 e. The number of carboxylic acid groups (broad SMARTS) is 1. The zero-order valence-electron chi connectivity index (χ0n) is 6.87. The molecule has 1 aromatic heterocycles. The number of hydrogen-bond acceptors (Lipinski definition) is 2. The van der Waals surface area contributed by atoms with Crippen LogP contribution in [0.4, 0.5) is 4.39 Å². The SMILES string of the molecule is CC(Cn1cc(Br)c(F)n1)C(=O)O. The summed E-state index contributed by atoms with van der Waals surface area (Å²) in [6.07, 6.45) is 1.41. The van der Waals surface area contributed by atoms with Crippen molar-refractivity contribution in [3.8, 4) is 0 Å². The summed E-state index contributed by atoms with van der Waals surface area (Å²) in [7, 11) is 0. The molecule has 13 heavy (non-hydrogen) atoms. The molecule has 0 spiro atoms. The smallest absolute Gasteiger partial charge is 0.308 e. The van der Waals surface area contributed by atoms with Crippen molar-refractivity contribution in [2.24, 2.45) is 5.92 Å². The Morgan fingerprint density at radius 3 is 2.92 bits per heavy atom. The Hall–Kier alpha value is -0.910. The number of carboxylic acids is 1. The van der Waals surface area contributed by atoms with Crippen LogP contribution in [0.5, 0.6) is 0 Å². The van der Waals surface area contributed by atoms with Gasteiger partial charge in [0.15, 0.2) is 0 Å². The highest BCUT2D eigenvalue weighted by atomic mass is 79.9. The Kier molecular flexibility index (Phi) is 3.02. The van der Waals surface area contributed by atoms with E-state index in [-0.39, 0.29) is 11.0 Å². The second-order valence-corrected chi connectivity index (χ2v) is 3.58. The third-order valence-corrected chi connectivity index (χ3v) is 2.09. The molecule has 0 aliphatic rings. The molecular weight excluding hydrogens is 243 g/mol. The van der Waals surface area contributed by atoms with Crippen molar-refractivity contribution >= 4 is 21.9 Å². The normalized spacial score (nSPS) is 12.8. The lowest BCUT2D eigenvalue weighted by Gasteiger charge is -2.04. The predicted octanol–water partition coefficient (Wildman–Crippen LogP) is 1.51. The molecule has 0 fully saturated rings. The lowest BCUT2D eigenvalue weighted by molar-refractivity contribution is -0.141. The van der Waals surface area contributed by atoms with Crippen LogP contribution in [0, 0.1) is 11.9 Å². The summed E-state index contributed by atoms with van der Waals surface area (Å²) in [5, 5.41) is 12.0. The third-order valence-electron chi connectivity index (χ3n) is 1.56. The van der Waals surface area contributed by atoms with Crippen LogP contribution in [0.1, 0.15) is 6.92 Å². The van der Waals surface area contributed by atoms with Crippen LogP contribution in [0.3, 0.4) is 0 Å². The summed E-state index contributed by atoms with van der Waals surface area (Å²) < 4.78 is 14.2. The monoisotopic (exact) mass is 250 g/mol. The first-order valence-corrected chi connectivity index (χ1v) is 4.41. The maximum Gasteiger partial charge on any atom is 0.308 e. The Morgan fingerprint density at radius 1 is 1.92 bits per heavy atom. The van der Waals surface area contributed by atoms with Crippen molar-refractivity contribution in [1.82, 2.24) is 9.78 Å². The van der Waals surface area contributed by atoms with Gasteiger partial charge in [0.05, 0.1) is 16.9 Å². The average molecular weight is 251 g/mol. The number of hydrogen-bond donors (Lipinski definition) is 1. The van der Waals surface area contributed by atoms with Gasteiger partial charge in [-0.05, 0) is 15.9 Å². The van der Waals surface area contributed by atoms with Crippen molar-refractivity contribution in [3.05, 3.63) is 16.6 Å². The number of aromatic nitrogens is 2. The molecule has 0 radical (unpaired) electrons. The topological polar surface area (TPSA) is 55.1 Å². The Morgan fingerprint density at radius 2 is 2.54 bits per heavy atom. The fourth-order valence-corrected chi connectivity index (χ4v) is 1.14. The zero-order valence-corrected chi connectivity index (χ0v) is 8.45. The van der Waals surface area contributed by atoms with Gasteiger partial charge in [0, 0.05) is 6.20 Å². The van der Waals surface area contributed by atoms with Crippen LogP contribution in [-0.4, -0.2) is 20.9 Å². The van der Waals surface area contributed by atoms with Crippen LogP contribution in [-0.2, 0) is 11.3 Å². The first-order chi connectivity index (χ1) is 6.00. The number of nitrogens with zero attached hydrogens (tertiary/aromatic N) is 2. The third kappa shape index (κ3) is 2.51. The van der Waals surface area contributed by atoms with Gasteiger partial charge < -0.3 is 5.11 Å². The van der Waals surface area contributed by atoms with Gasteiger partial charge in [-0.2, -0.15) is 4.39 Å².